The number of likely N-dealkylation sites (tertiary alicyclic amines) is 1. The molecule has 1 aliphatic rings. The number of aryl methyl sites for hydroxylation is 3. The van der Waals surface area contributed by atoms with E-state index in [0.29, 0.717) is 6.42 Å². The number of hydrogen-bond donors (Lipinski definition) is 1. The van der Waals surface area contributed by atoms with E-state index in [-0.39, 0.29) is 18.0 Å². The van der Waals surface area contributed by atoms with E-state index in [0.717, 1.165) is 17.9 Å². The molecule has 0 radical (unpaired) electrons. The van der Waals surface area contributed by atoms with Gasteiger partial charge in [-0.15, -0.1) is 0 Å². The Kier molecular flexibility index (Phi) is 4.02. The molecule has 2 aromatic rings. The monoisotopic (exact) mass is 315 g/mol. The topological polar surface area (TPSA) is 55.1 Å². The summed E-state index contributed by atoms with van der Waals surface area (Å²) in [5.41, 5.74) is 4.51. The van der Waals surface area contributed by atoms with Gasteiger partial charge in [0.2, 0.25) is 5.91 Å². The maximum Gasteiger partial charge on any atom is 0.224 e. The van der Waals surface area contributed by atoms with Crippen LogP contribution in [0.4, 0.5) is 0 Å². The minimum absolute atomic E-state index is 0.0384. The average molecular weight is 315 g/mol. The van der Waals surface area contributed by atoms with E-state index in [1.54, 1.807) is 0 Å². The zero-order valence-corrected chi connectivity index (χ0v) is 14.5. The van der Waals surface area contributed by atoms with Gasteiger partial charge in [-0.2, -0.15) is 5.10 Å². The van der Waals surface area contributed by atoms with Crippen LogP contribution in [0, 0.1) is 13.8 Å². The van der Waals surface area contributed by atoms with Crippen LogP contribution in [0.15, 0.2) is 18.3 Å². The molecule has 0 saturated carbocycles. The zero-order valence-electron chi connectivity index (χ0n) is 14.5. The van der Waals surface area contributed by atoms with Crippen molar-refractivity contribution in [2.24, 2.45) is 14.1 Å². The highest BCUT2D eigenvalue weighted by Crippen LogP contribution is 2.35. The molecule has 124 valence electrons. The third kappa shape index (κ3) is 2.67. The van der Waals surface area contributed by atoms with Gasteiger partial charge in [-0.25, -0.2) is 0 Å². The highest BCUT2D eigenvalue weighted by atomic mass is 16.2. The molecule has 0 bridgehead atoms. The molecule has 1 saturated heterocycles. The first-order valence-electron chi connectivity index (χ1n) is 7.99. The van der Waals surface area contributed by atoms with Gasteiger partial charge in [0.05, 0.1) is 11.7 Å². The fraction of sp³-hybridized carbons (Fsp3) is 0.529. The molecule has 1 N–H and O–H groups in total. The van der Waals surface area contributed by atoms with Crippen LogP contribution in [0.3, 0.4) is 0 Å². The Morgan fingerprint density at radius 2 is 2.04 bits per heavy atom. The van der Waals surface area contributed by atoms with E-state index >= 15 is 0 Å². The molecule has 6 heteroatoms. The minimum Gasteiger partial charge on any atom is -0.353 e. The summed E-state index contributed by atoms with van der Waals surface area (Å²) < 4.78 is 4.00. The number of carbonyl (C=O) groups is 1. The lowest BCUT2D eigenvalue weighted by molar-refractivity contribution is -0.127. The fourth-order valence-electron chi connectivity index (χ4n) is 3.58. The standard InChI is InChI=1S/C17H25N5O/c1-11-16(12(2)22(5)19-11)17-14(9-15(23)21(17)4)18-10-13-7-6-8-20(13)3/h6-8,14,17-18H,9-10H2,1-5H3/t14-,17-/m1/s1. The fourth-order valence-corrected chi connectivity index (χ4v) is 3.58. The number of hydrogen-bond acceptors (Lipinski definition) is 3. The van der Waals surface area contributed by atoms with Crippen molar-refractivity contribution in [3.05, 3.63) is 41.0 Å². The summed E-state index contributed by atoms with van der Waals surface area (Å²) in [7, 11) is 5.88. The summed E-state index contributed by atoms with van der Waals surface area (Å²) in [6, 6.07) is 4.28. The van der Waals surface area contributed by atoms with Crippen molar-refractivity contribution in [2.75, 3.05) is 7.05 Å². The van der Waals surface area contributed by atoms with Crippen LogP contribution in [-0.2, 0) is 25.4 Å². The van der Waals surface area contributed by atoms with Crippen LogP contribution < -0.4 is 5.32 Å². The van der Waals surface area contributed by atoms with Gasteiger partial charge < -0.3 is 14.8 Å². The van der Waals surface area contributed by atoms with Crippen molar-refractivity contribution in [1.82, 2.24) is 24.6 Å². The number of amides is 1. The van der Waals surface area contributed by atoms with Crippen molar-refractivity contribution in [2.45, 2.75) is 38.9 Å². The zero-order chi connectivity index (χ0) is 16.7. The highest BCUT2D eigenvalue weighted by Gasteiger charge is 2.40. The average Bonchev–Trinajstić information content (AvgIpc) is 3.10. The molecule has 0 unspecified atom stereocenters. The molecule has 0 aromatic carbocycles. The number of likely N-dealkylation sites (N-methyl/N-ethyl adjacent to an activating group) is 1. The van der Waals surface area contributed by atoms with Crippen LogP contribution in [0.2, 0.25) is 0 Å². The lowest BCUT2D eigenvalue weighted by Crippen LogP contribution is -2.35. The van der Waals surface area contributed by atoms with Gasteiger partial charge in [-0.05, 0) is 26.0 Å². The van der Waals surface area contributed by atoms with Gasteiger partial charge in [0.15, 0.2) is 0 Å². The quantitative estimate of drug-likeness (QED) is 0.929. The van der Waals surface area contributed by atoms with Crippen LogP contribution in [-0.4, -0.2) is 38.2 Å². The molecule has 0 aliphatic carbocycles. The first-order chi connectivity index (χ1) is 10.9. The Hall–Kier alpha value is -2.08. The van der Waals surface area contributed by atoms with E-state index in [9.17, 15) is 4.79 Å². The number of nitrogens with zero attached hydrogens (tertiary/aromatic N) is 4. The molecule has 3 heterocycles. The third-order valence-corrected chi connectivity index (χ3v) is 5.04. The minimum atomic E-state index is 0.0384. The summed E-state index contributed by atoms with van der Waals surface area (Å²) in [5.74, 6) is 0.182. The van der Waals surface area contributed by atoms with Crippen molar-refractivity contribution in [3.8, 4) is 0 Å². The predicted molar refractivity (Wildman–Crippen MR) is 88.9 cm³/mol. The van der Waals surface area contributed by atoms with Crippen molar-refractivity contribution in [3.63, 3.8) is 0 Å². The summed E-state index contributed by atoms with van der Waals surface area (Å²) in [6.07, 6.45) is 2.56. The van der Waals surface area contributed by atoms with Gasteiger partial charge >= 0.3 is 0 Å². The van der Waals surface area contributed by atoms with Crippen molar-refractivity contribution < 1.29 is 4.79 Å². The number of aromatic nitrogens is 3. The van der Waals surface area contributed by atoms with E-state index in [4.69, 9.17) is 0 Å². The lowest BCUT2D eigenvalue weighted by atomic mass is 9.98. The maximum absolute atomic E-state index is 12.3. The summed E-state index contributed by atoms with van der Waals surface area (Å²) in [5, 5.41) is 8.10. The van der Waals surface area contributed by atoms with Crippen molar-refractivity contribution in [1.29, 1.82) is 0 Å². The third-order valence-electron chi connectivity index (χ3n) is 5.04. The first kappa shape index (κ1) is 15.8. The lowest BCUT2D eigenvalue weighted by Gasteiger charge is -2.26. The molecule has 6 nitrogen and oxygen atoms in total. The van der Waals surface area contributed by atoms with Gasteiger partial charge in [0.1, 0.15) is 0 Å². The predicted octanol–water partition coefficient (Wildman–Crippen LogP) is 1.44. The van der Waals surface area contributed by atoms with Gasteiger partial charge in [-0.1, -0.05) is 0 Å². The molecular weight excluding hydrogens is 290 g/mol. The van der Waals surface area contributed by atoms with E-state index in [2.05, 4.69) is 28.0 Å². The second-order valence-corrected chi connectivity index (χ2v) is 6.46. The molecular formula is C17H25N5O. The molecule has 1 fully saturated rings. The number of nitrogens with one attached hydrogen (secondary N) is 1. The second kappa shape index (κ2) is 5.85. The number of carbonyl (C=O) groups excluding carboxylic acids is 1. The van der Waals surface area contributed by atoms with Crippen LogP contribution in [0.25, 0.3) is 0 Å². The Labute approximate surface area is 137 Å². The Morgan fingerprint density at radius 1 is 1.30 bits per heavy atom. The van der Waals surface area contributed by atoms with Crippen LogP contribution >= 0.6 is 0 Å². The molecule has 2 atom stereocenters. The normalized spacial score (nSPS) is 21.4. The molecule has 0 spiro atoms. The van der Waals surface area contributed by atoms with Crippen molar-refractivity contribution >= 4 is 5.91 Å². The van der Waals surface area contributed by atoms with Crippen LogP contribution in [0.1, 0.15) is 35.1 Å². The number of rotatable bonds is 4. The highest BCUT2D eigenvalue weighted by molar-refractivity contribution is 5.80. The summed E-state index contributed by atoms with van der Waals surface area (Å²) in [4.78, 5) is 14.1. The smallest absolute Gasteiger partial charge is 0.224 e. The molecule has 1 amide bonds. The maximum atomic E-state index is 12.3. The summed E-state index contributed by atoms with van der Waals surface area (Å²) in [6.45, 7) is 4.84. The van der Waals surface area contributed by atoms with E-state index in [1.807, 2.05) is 49.9 Å². The van der Waals surface area contributed by atoms with Gasteiger partial charge in [-0.3, -0.25) is 9.48 Å². The van der Waals surface area contributed by atoms with Crippen LogP contribution in [0.5, 0.6) is 0 Å². The van der Waals surface area contributed by atoms with Gasteiger partial charge in [0.25, 0.3) is 0 Å². The largest absolute Gasteiger partial charge is 0.353 e. The van der Waals surface area contributed by atoms with E-state index in [1.165, 1.54) is 11.3 Å². The SMILES string of the molecule is Cc1nn(C)c(C)c1[C@H]1[C@H](NCc2cccn2C)CC(=O)N1C. The van der Waals surface area contributed by atoms with E-state index < -0.39 is 0 Å². The van der Waals surface area contributed by atoms with Gasteiger partial charge in [0, 0.05) is 63.3 Å². The Morgan fingerprint density at radius 3 is 2.61 bits per heavy atom. The summed E-state index contributed by atoms with van der Waals surface area (Å²) >= 11 is 0. The Bertz CT molecular complexity index is 729. The Balaban J connectivity index is 1.86. The molecule has 23 heavy (non-hydrogen) atoms. The molecule has 2 aromatic heterocycles. The molecule has 3 rings (SSSR count). The first-order valence-corrected chi connectivity index (χ1v) is 7.99. The molecule has 1 aliphatic heterocycles. The second-order valence-electron chi connectivity index (χ2n) is 6.46.